The molecule has 1 aromatic heterocycles. The SMILES string of the molecule is CN=C(NCCCOCC1CCOC1)NCc1cccnc1OC.I. The van der Waals surface area contributed by atoms with Crippen LogP contribution in [0.1, 0.15) is 18.4 Å². The van der Waals surface area contributed by atoms with E-state index >= 15 is 0 Å². The van der Waals surface area contributed by atoms with Crippen LogP contribution in [0, 0.1) is 5.92 Å². The molecule has 2 N–H and O–H groups in total. The molecule has 0 aliphatic carbocycles. The number of ether oxygens (including phenoxy) is 3. The van der Waals surface area contributed by atoms with Gasteiger partial charge in [-0.2, -0.15) is 0 Å². The van der Waals surface area contributed by atoms with Crippen molar-refractivity contribution < 1.29 is 14.2 Å². The van der Waals surface area contributed by atoms with E-state index in [2.05, 4.69) is 20.6 Å². The fraction of sp³-hybridized carbons (Fsp3) is 0.647. The van der Waals surface area contributed by atoms with E-state index in [1.807, 2.05) is 12.1 Å². The minimum absolute atomic E-state index is 0. The van der Waals surface area contributed by atoms with Gasteiger partial charge >= 0.3 is 0 Å². The molecular formula is C17H29IN4O3. The molecular weight excluding hydrogens is 435 g/mol. The van der Waals surface area contributed by atoms with Crippen molar-refractivity contribution in [2.45, 2.75) is 19.4 Å². The van der Waals surface area contributed by atoms with Crippen molar-refractivity contribution in [3.05, 3.63) is 23.9 Å². The van der Waals surface area contributed by atoms with Crippen LogP contribution >= 0.6 is 24.0 Å². The van der Waals surface area contributed by atoms with Crippen LogP contribution in [0.3, 0.4) is 0 Å². The van der Waals surface area contributed by atoms with E-state index in [9.17, 15) is 0 Å². The van der Waals surface area contributed by atoms with Crippen LogP contribution < -0.4 is 15.4 Å². The maximum absolute atomic E-state index is 5.69. The number of guanidine groups is 1. The summed E-state index contributed by atoms with van der Waals surface area (Å²) in [4.78, 5) is 8.40. The molecule has 1 aromatic rings. The van der Waals surface area contributed by atoms with Gasteiger partial charge in [-0.1, -0.05) is 6.07 Å². The molecule has 25 heavy (non-hydrogen) atoms. The molecule has 0 spiro atoms. The van der Waals surface area contributed by atoms with Crippen LogP contribution in [0.4, 0.5) is 0 Å². The zero-order chi connectivity index (χ0) is 17.0. The Bertz CT molecular complexity index is 510. The second-order valence-electron chi connectivity index (χ2n) is 5.68. The second-order valence-corrected chi connectivity index (χ2v) is 5.68. The first-order chi connectivity index (χ1) is 11.8. The van der Waals surface area contributed by atoms with Crippen molar-refractivity contribution in [1.29, 1.82) is 0 Å². The minimum atomic E-state index is 0. The number of hydrogen-bond acceptors (Lipinski definition) is 5. The van der Waals surface area contributed by atoms with Crippen molar-refractivity contribution in [2.24, 2.45) is 10.9 Å². The van der Waals surface area contributed by atoms with Crippen molar-refractivity contribution >= 4 is 29.9 Å². The van der Waals surface area contributed by atoms with Gasteiger partial charge in [0.25, 0.3) is 0 Å². The molecule has 8 heteroatoms. The smallest absolute Gasteiger partial charge is 0.218 e. The monoisotopic (exact) mass is 464 g/mol. The standard InChI is InChI=1S/C17H28N4O3.HI/c1-18-17(21-11-15-5-3-7-19-16(15)22-2)20-8-4-9-23-12-14-6-10-24-13-14;/h3,5,7,14H,4,6,8-13H2,1-2H3,(H2,18,20,21);1H. The van der Waals surface area contributed by atoms with Gasteiger partial charge in [0.1, 0.15) is 0 Å². The Hall–Kier alpha value is -1.13. The number of aliphatic imine (C=N–C) groups is 1. The van der Waals surface area contributed by atoms with E-state index in [-0.39, 0.29) is 24.0 Å². The highest BCUT2D eigenvalue weighted by atomic mass is 127. The summed E-state index contributed by atoms with van der Waals surface area (Å²) in [6.45, 7) is 4.68. The van der Waals surface area contributed by atoms with Gasteiger partial charge in [-0.15, -0.1) is 24.0 Å². The summed E-state index contributed by atoms with van der Waals surface area (Å²) < 4.78 is 16.3. The van der Waals surface area contributed by atoms with Gasteiger partial charge in [-0.05, 0) is 18.9 Å². The predicted molar refractivity (Wildman–Crippen MR) is 109 cm³/mol. The van der Waals surface area contributed by atoms with Crippen LogP contribution in [0.2, 0.25) is 0 Å². The van der Waals surface area contributed by atoms with Crippen LogP contribution in [-0.4, -0.2) is 58.1 Å². The first-order valence-corrected chi connectivity index (χ1v) is 8.41. The molecule has 0 radical (unpaired) electrons. The van der Waals surface area contributed by atoms with Gasteiger partial charge in [0.05, 0.1) is 20.3 Å². The number of pyridine rings is 1. The topological polar surface area (TPSA) is 77.0 Å². The zero-order valence-corrected chi connectivity index (χ0v) is 17.3. The third-order valence-corrected chi connectivity index (χ3v) is 3.85. The summed E-state index contributed by atoms with van der Waals surface area (Å²) in [6.07, 6.45) is 3.77. The molecule has 1 aliphatic heterocycles. The van der Waals surface area contributed by atoms with Gasteiger partial charge < -0.3 is 24.8 Å². The lowest BCUT2D eigenvalue weighted by atomic mass is 10.1. The fourth-order valence-electron chi connectivity index (χ4n) is 2.49. The predicted octanol–water partition coefficient (Wildman–Crippen LogP) is 1.82. The molecule has 2 heterocycles. The lowest BCUT2D eigenvalue weighted by Gasteiger charge is -2.13. The van der Waals surface area contributed by atoms with E-state index < -0.39 is 0 Å². The molecule has 1 atom stereocenters. The van der Waals surface area contributed by atoms with Gasteiger partial charge in [0.15, 0.2) is 5.96 Å². The number of methoxy groups -OCH3 is 1. The molecule has 7 nitrogen and oxygen atoms in total. The second kappa shape index (κ2) is 13.1. The van der Waals surface area contributed by atoms with Crippen molar-refractivity contribution in [1.82, 2.24) is 15.6 Å². The summed E-state index contributed by atoms with van der Waals surface area (Å²) in [6, 6.07) is 3.87. The third-order valence-electron chi connectivity index (χ3n) is 3.85. The Morgan fingerprint density at radius 2 is 2.32 bits per heavy atom. The Labute approximate surface area is 167 Å². The van der Waals surface area contributed by atoms with Crippen molar-refractivity contribution in [3.63, 3.8) is 0 Å². The average molecular weight is 464 g/mol. The maximum atomic E-state index is 5.69. The number of rotatable bonds is 9. The summed E-state index contributed by atoms with van der Waals surface area (Å²) in [5.74, 6) is 1.96. The molecule has 142 valence electrons. The molecule has 2 rings (SSSR count). The summed E-state index contributed by atoms with van der Waals surface area (Å²) in [7, 11) is 3.38. The van der Waals surface area contributed by atoms with Gasteiger partial charge in [-0.3, -0.25) is 4.99 Å². The van der Waals surface area contributed by atoms with Crippen LogP contribution in [0.15, 0.2) is 23.3 Å². The Morgan fingerprint density at radius 3 is 3.04 bits per heavy atom. The van der Waals surface area contributed by atoms with E-state index in [0.29, 0.717) is 18.3 Å². The zero-order valence-electron chi connectivity index (χ0n) is 15.0. The van der Waals surface area contributed by atoms with Gasteiger partial charge in [-0.25, -0.2) is 4.98 Å². The van der Waals surface area contributed by atoms with E-state index in [0.717, 1.165) is 57.3 Å². The first-order valence-electron chi connectivity index (χ1n) is 8.41. The lowest BCUT2D eigenvalue weighted by molar-refractivity contribution is 0.0888. The largest absolute Gasteiger partial charge is 0.481 e. The highest BCUT2D eigenvalue weighted by molar-refractivity contribution is 14.0. The maximum Gasteiger partial charge on any atom is 0.218 e. The van der Waals surface area contributed by atoms with E-state index in [1.54, 1.807) is 20.4 Å². The molecule has 0 aromatic carbocycles. The number of hydrogen-bond donors (Lipinski definition) is 2. The molecule has 1 unspecified atom stereocenters. The van der Waals surface area contributed by atoms with Crippen LogP contribution in [0.5, 0.6) is 5.88 Å². The summed E-state index contributed by atoms with van der Waals surface area (Å²) >= 11 is 0. The normalized spacial score (nSPS) is 17.0. The Morgan fingerprint density at radius 1 is 1.44 bits per heavy atom. The van der Waals surface area contributed by atoms with Crippen LogP contribution in [-0.2, 0) is 16.0 Å². The number of aromatic nitrogens is 1. The Kier molecular flexibility index (Phi) is 11.5. The number of nitrogens with one attached hydrogen (secondary N) is 2. The molecule has 0 saturated carbocycles. The van der Waals surface area contributed by atoms with Crippen molar-refractivity contribution in [2.75, 3.05) is 47.1 Å². The average Bonchev–Trinajstić information content (AvgIpc) is 3.14. The van der Waals surface area contributed by atoms with E-state index in [4.69, 9.17) is 14.2 Å². The highest BCUT2D eigenvalue weighted by Crippen LogP contribution is 2.13. The van der Waals surface area contributed by atoms with Crippen molar-refractivity contribution in [3.8, 4) is 5.88 Å². The summed E-state index contributed by atoms with van der Waals surface area (Å²) in [5.41, 5.74) is 0.991. The molecule has 1 saturated heterocycles. The molecule has 0 bridgehead atoms. The van der Waals surface area contributed by atoms with Gasteiger partial charge in [0, 0.05) is 51.0 Å². The number of halogens is 1. The third kappa shape index (κ3) is 8.19. The van der Waals surface area contributed by atoms with E-state index in [1.165, 1.54) is 0 Å². The summed E-state index contributed by atoms with van der Waals surface area (Å²) in [5, 5.41) is 6.54. The molecule has 1 fully saturated rings. The molecule has 0 amide bonds. The van der Waals surface area contributed by atoms with Gasteiger partial charge in [0.2, 0.25) is 5.88 Å². The highest BCUT2D eigenvalue weighted by Gasteiger charge is 2.15. The minimum Gasteiger partial charge on any atom is -0.481 e. The Balaban J connectivity index is 0.00000312. The lowest BCUT2D eigenvalue weighted by Crippen LogP contribution is -2.37. The molecule has 1 aliphatic rings. The first kappa shape index (κ1) is 21.9. The van der Waals surface area contributed by atoms with Crippen LogP contribution in [0.25, 0.3) is 0 Å². The quantitative estimate of drug-likeness (QED) is 0.251. The fourth-order valence-corrected chi connectivity index (χ4v) is 2.49. The number of nitrogens with zero attached hydrogens (tertiary/aromatic N) is 2.